The summed E-state index contributed by atoms with van der Waals surface area (Å²) in [6.07, 6.45) is 0. The van der Waals surface area contributed by atoms with E-state index in [-0.39, 0.29) is 11.9 Å². The zero-order valence-electron chi connectivity index (χ0n) is 11.0. The van der Waals surface area contributed by atoms with Gasteiger partial charge in [-0.05, 0) is 41.8 Å². The van der Waals surface area contributed by atoms with E-state index in [0.717, 1.165) is 22.4 Å². The first-order chi connectivity index (χ1) is 9.15. The van der Waals surface area contributed by atoms with Gasteiger partial charge in [-0.25, -0.2) is 9.82 Å². The smallest absolute Gasteiger partial charge is 0.123 e. The average molecular weight is 260 g/mol. The van der Waals surface area contributed by atoms with Gasteiger partial charge in [0.2, 0.25) is 0 Å². The second-order valence-electron chi connectivity index (χ2n) is 4.38. The molecule has 0 fully saturated rings. The van der Waals surface area contributed by atoms with E-state index in [0.29, 0.717) is 0 Å². The number of rotatable bonds is 4. The standard InChI is InChI=1S/C15H17FN2O/c1-10-6-7-12(9-14(10)19-2)15(18-17)11-4-3-5-13(16)8-11/h3-9,15,18H,17H2,1-2H3. The molecule has 0 heterocycles. The third-order valence-electron chi connectivity index (χ3n) is 3.11. The molecule has 0 aliphatic carbocycles. The van der Waals surface area contributed by atoms with Gasteiger partial charge in [0.1, 0.15) is 11.6 Å². The number of hydrogen-bond donors (Lipinski definition) is 2. The van der Waals surface area contributed by atoms with Crippen molar-refractivity contribution in [2.45, 2.75) is 13.0 Å². The van der Waals surface area contributed by atoms with Gasteiger partial charge in [-0.1, -0.05) is 24.3 Å². The molecule has 1 atom stereocenters. The van der Waals surface area contributed by atoms with Crippen LogP contribution in [0.5, 0.6) is 5.75 Å². The summed E-state index contributed by atoms with van der Waals surface area (Å²) in [5.41, 5.74) is 5.45. The molecule has 0 spiro atoms. The monoisotopic (exact) mass is 260 g/mol. The summed E-state index contributed by atoms with van der Waals surface area (Å²) in [7, 11) is 1.62. The van der Waals surface area contributed by atoms with Crippen molar-refractivity contribution in [1.82, 2.24) is 5.43 Å². The molecule has 0 aliphatic rings. The number of ether oxygens (including phenoxy) is 1. The fourth-order valence-electron chi connectivity index (χ4n) is 2.09. The van der Waals surface area contributed by atoms with Gasteiger partial charge in [0, 0.05) is 0 Å². The minimum absolute atomic E-state index is 0.273. The third-order valence-corrected chi connectivity index (χ3v) is 3.11. The van der Waals surface area contributed by atoms with Crippen LogP contribution in [0.1, 0.15) is 22.7 Å². The van der Waals surface area contributed by atoms with E-state index in [1.165, 1.54) is 12.1 Å². The van der Waals surface area contributed by atoms with E-state index in [9.17, 15) is 4.39 Å². The maximum atomic E-state index is 13.3. The van der Waals surface area contributed by atoms with Gasteiger partial charge in [-0.3, -0.25) is 5.84 Å². The Morgan fingerprint density at radius 3 is 2.53 bits per heavy atom. The summed E-state index contributed by atoms with van der Waals surface area (Å²) in [4.78, 5) is 0. The number of benzene rings is 2. The largest absolute Gasteiger partial charge is 0.496 e. The number of hydrazine groups is 1. The van der Waals surface area contributed by atoms with Crippen LogP contribution < -0.4 is 16.0 Å². The molecule has 0 radical (unpaired) electrons. The first-order valence-electron chi connectivity index (χ1n) is 6.02. The fourth-order valence-corrected chi connectivity index (χ4v) is 2.09. The molecule has 3 nitrogen and oxygen atoms in total. The van der Waals surface area contributed by atoms with Crippen molar-refractivity contribution in [3.8, 4) is 5.75 Å². The Morgan fingerprint density at radius 1 is 1.16 bits per heavy atom. The molecule has 2 rings (SSSR count). The van der Waals surface area contributed by atoms with Gasteiger partial charge >= 0.3 is 0 Å². The SMILES string of the molecule is COc1cc(C(NN)c2cccc(F)c2)ccc1C. The van der Waals surface area contributed by atoms with Crippen LogP contribution in [0.25, 0.3) is 0 Å². The summed E-state index contributed by atoms with van der Waals surface area (Å²) < 4.78 is 18.6. The van der Waals surface area contributed by atoms with Crippen LogP contribution in [0.4, 0.5) is 4.39 Å². The maximum absolute atomic E-state index is 13.3. The van der Waals surface area contributed by atoms with Gasteiger partial charge in [-0.15, -0.1) is 0 Å². The Balaban J connectivity index is 2.42. The molecule has 2 aromatic carbocycles. The number of aryl methyl sites for hydroxylation is 1. The van der Waals surface area contributed by atoms with Crippen molar-refractivity contribution in [2.24, 2.45) is 5.84 Å². The van der Waals surface area contributed by atoms with Crippen molar-refractivity contribution in [2.75, 3.05) is 7.11 Å². The Kier molecular flexibility index (Phi) is 4.14. The highest BCUT2D eigenvalue weighted by atomic mass is 19.1. The molecule has 0 aromatic heterocycles. The van der Waals surface area contributed by atoms with Gasteiger partial charge in [0.05, 0.1) is 13.2 Å². The van der Waals surface area contributed by atoms with Crippen LogP contribution in [0, 0.1) is 12.7 Å². The highest BCUT2D eigenvalue weighted by molar-refractivity contribution is 5.41. The predicted molar refractivity (Wildman–Crippen MR) is 73.3 cm³/mol. The first-order valence-corrected chi connectivity index (χ1v) is 6.02. The quantitative estimate of drug-likeness (QED) is 0.656. The lowest BCUT2D eigenvalue weighted by Crippen LogP contribution is -2.28. The van der Waals surface area contributed by atoms with Crippen molar-refractivity contribution >= 4 is 0 Å². The number of nitrogens with one attached hydrogen (secondary N) is 1. The molecule has 2 aromatic rings. The predicted octanol–water partition coefficient (Wildman–Crippen LogP) is 2.70. The van der Waals surface area contributed by atoms with Gasteiger partial charge < -0.3 is 4.74 Å². The van der Waals surface area contributed by atoms with Crippen molar-refractivity contribution in [3.63, 3.8) is 0 Å². The van der Waals surface area contributed by atoms with Crippen LogP contribution >= 0.6 is 0 Å². The van der Waals surface area contributed by atoms with Gasteiger partial charge in [0.15, 0.2) is 0 Å². The van der Waals surface area contributed by atoms with Crippen LogP contribution in [0.2, 0.25) is 0 Å². The van der Waals surface area contributed by atoms with E-state index < -0.39 is 0 Å². The second kappa shape index (κ2) is 5.82. The summed E-state index contributed by atoms with van der Waals surface area (Å²) in [5.74, 6) is 6.11. The minimum Gasteiger partial charge on any atom is -0.496 e. The summed E-state index contributed by atoms with van der Waals surface area (Å²) in [5, 5.41) is 0. The lowest BCUT2D eigenvalue weighted by molar-refractivity contribution is 0.410. The molecule has 0 amide bonds. The Hall–Kier alpha value is -1.91. The van der Waals surface area contributed by atoms with E-state index in [1.807, 2.05) is 31.2 Å². The molecule has 1 unspecified atom stereocenters. The highest BCUT2D eigenvalue weighted by Crippen LogP contribution is 2.27. The molecule has 0 bridgehead atoms. The van der Waals surface area contributed by atoms with Crippen LogP contribution in [0.15, 0.2) is 42.5 Å². The third kappa shape index (κ3) is 2.92. The second-order valence-corrected chi connectivity index (χ2v) is 4.38. The number of halogens is 1. The molecule has 4 heteroatoms. The molecule has 100 valence electrons. The normalized spacial score (nSPS) is 12.2. The molecular weight excluding hydrogens is 243 g/mol. The molecule has 0 saturated carbocycles. The van der Waals surface area contributed by atoms with E-state index in [2.05, 4.69) is 5.43 Å². The first kappa shape index (κ1) is 13.5. The topological polar surface area (TPSA) is 47.3 Å². The zero-order valence-corrected chi connectivity index (χ0v) is 11.0. The average Bonchev–Trinajstić information content (AvgIpc) is 2.41. The molecular formula is C15H17FN2O. The fraction of sp³-hybridized carbons (Fsp3) is 0.200. The lowest BCUT2D eigenvalue weighted by Gasteiger charge is -2.18. The maximum Gasteiger partial charge on any atom is 0.123 e. The molecule has 0 saturated heterocycles. The molecule has 19 heavy (non-hydrogen) atoms. The van der Waals surface area contributed by atoms with Gasteiger partial charge in [-0.2, -0.15) is 0 Å². The van der Waals surface area contributed by atoms with Crippen molar-refractivity contribution in [3.05, 3.63) is 65.0 Å². The van der Waals surface area contributed by atoms with E-state index in [1.54, 1.807) is 13.2 Å². The Labute approximate surface area is 112 Å². The van der Waals surface area contributed by atoms with Crippen molar-refractivity contribution in [1.29, 1.82) is 0 Å². The van der Waals surface area contributed by atoms with E-state index in [4.69, 9.17) is 10.6 Å². The summed E-state index contributed by atoms with van der Waals surface area (Å²) in [6, 6.07) is 11.9. The minimum atomic E-state index is -0.281. The van der Waals surface area contributed by atoms with Crippen molar-refractivity contribution < 1.29 is 9.13 Å². The van der Waals surface area contributed by atoms with Gasteiger partial charge in [0.25, 0.3) is 0 Å². The van der Waals surface area contributed by atoms with Crippen LogP contribution in [-0.4, -0.2) is 7.11 Å². The summed E-state index contributed by atoms with van der Waals surface area (Å²) >= 11 is 0. The lowest BCUT2D eigenvalue weighted by atomic mass is 9.98. The Morgan fingerprint density at radius 2 is 1.89 bits per heavy atom. The highest BCUT2D eigenvalue weighted by Gasteiger charge is 2.14. The molecule has 0 aliphatic heterocycles. The summed E-state index contributed by atoms with van der Waals surface area (Å²) in [6.45, 7) is 1.97. The number of hydrogen-bond acceptors (Lipinski definition) is 3. The number of methoxy groups -OCH3 is 1. The van der Waals surface area contributed by atoms with E-state index >= 15 is 0 Å². The Bertz CT molecular complexity index is 572. The zero-order chi connectivity index (χ0) is 13.8. The number of nitrogens with two attached hydrogens (primary N) is 1. The molecule has 3 N–H and O–H groups in total. The van der Waals surface area contributed by atoms with Crippen LogP contribution in [-0.2, 0) is 0 Å². The van der Waals surface area contributed by atoms with Crippen LogP contribution in [0.3, 0.4) is 0 Å².